The monoisotopic (exact) mass is 190 g/mol. The molecule has 2 aromatic heterocycles. The van der Waals surface area contributed by atoms with Gasteiger partial charge in [-0.3, -0.25) is 4.68 Å². The number of H-pyrrole nitrogens is 1. The largest absolute Gasteiger partial charge is 0.378 e. The topological polar surface area (TPSA) is 45.6 Å². The molecule has 4 heteroatoms. The molecule has 2 rings (SSSR count). The third kappa shape index (κ3) is 1.96. The van der Waals surface area contributed by atoms with Crippen LogP contribution in [0.1, 0.15) is 12.5 Å². The number of aryl methyl sites for hydroxylation is 1. The van der Waals surface area contributed by atoms with E-state index in [0.717, 1.165) is 18.8 Å². The van der Waals surface area contributed by atoms with Gasteiger partial charge in [0.05, 0.1) is 11.9 Å². The van der Waals surface area contributed by atoms with Gasteiger partial charge in [-0.1, -0.05) is 0 Å². The molecule has 0 amide bonds. The zero-order valence-corrected chi connectivity index (χ0v) is 8.20. The summed E-state index contributed by atoms with van der Waals surface area (Å²) in [5.41, 5.74) is 2.31. The van der Waals surface area contributed by atoms with Crippen LogP contribution in [0, 0.1) is 0 Å². The number of aromatic amines is 1. The van der Waals surface area contributed by atoms with Crippen LogP contribution in [0.5, 0.6) is 0 Å². The molecule has 0 atom stereocenters. The minimum Gasteiger partial charge on any atom is -0.378 e. The molecule has 4 nitrogen and oxygen atoms in total. The molecule has 0 aliphatic heterocycles. The van der Waals surface area contributed by atoms with Crippen molar-refractivity contribution in [1.82, 2.24) is 14.8 Å². The van der Waals surface area contributed by atoms with Crippen LogP contribution < -0.4 is 5.32 Å². The van der Waals surface area contributed by atoms with Crippen molar-refractivity contribution in [3.8, 4) is 0 Å². The van der Waals surface area contributed by atoms with Crippen molar-refractivity contribution in [3.63, 3.8) is 0 Å². The molecule has 0 saturated heterocycles. The molecule has 14 heavy (non-hydrogen) atoms. The van der Waals surface area contributed by atoms with E-state index in [1.165, 1.54) is 5.56 Å². The van der Waals surface area contributed by atoms with E-state index < -0.39 is 0 Å². The van der Waals surface area contributed by atoms with E-state index in [1.54, 1.807) is 0 Å². The van der Waals surface area contributed by atoms with Crippen LogP contribution in [0.3, 0.4) is 0 Å². The van der Waals surface area contributed by atoms with Crippen molar-refractivity contribution in [2.75, 3.05) is 5.32 Å². The highest BCUT2D eigenvalue weighted by Gasteiger charge is 1.96. The maximum Gasteiger partial charge on any atom is 0.0729 e. The second kappa shape index (κ2) is 4.00. The molecule has 0 aromatic carbocycles. The summed E-state index contributed by atoms with van der Waals surface area (Å²) in [5, 5.41) is 7.48. The van der Waals surface area contributed by atoms with Gasteiger partial charge in [-0.2, -0.15) is 5.10 Å². The molecular formula is C10H14N4. The Labute approximate surface area is 82.9 Å². The van der Waals surface area contributed by atoms with Crippen molar-refractivity contribution in [2.45, 2.75) is 20.0 Å². The second-order valence-electron chi connectivity index (χ2n) is 3.16. The summed E-state index contributed by atoms with van der Waals surface area (Å²) in [6, 6.07) is 2.05. The molecule has 0 saturated carbocycles. The first-order chi connectivity index (χ1) is 6.88. The molecule has 0 bridgehead atoms. The molecule has 2 aromatic rings. The van der Waals surface area contributed by atoms with Gasteiger partial charge in [0.15, 0.2) is 0 Å². The number of hydrogen-bond acceptors (Lipinski definition) is 2. The Morgan fingerprint density at radius 1 is 1.57 bits per heavy atom. The average Bonchev–Trinajstić information content (AvgIpc) is 2.86. The van der Waals surface area contributed by atoms with E-state index in [0.29, 0.717) is 0 Å². The Morgan fingerprint density at radius 2 is 2.50 bits per heavy atom. The Balaban J connectivity index is 1.92. The minimum atomic E-state index is 0.832. The maximum absolute atomic E-state index is 4.18. The van der Waals surface area contributed by atoms with Gasteiger partial charge in [-0.15, -0.1) is 0 Å². The SMILES string of the molecule is CCn1cc(NCc2cc[nH]c2)cn1. The fraction of sp³-hybridized carbons (Fsp3) is 0.300. The Morgan fingerprint density at radius 3 is 3.14 bits per heavy atom. The number of anilines is 1. The average molecular weight is 190 g/mol. The summed E-state index contributed by atoms with van der Waals surface area (Å²) >= 11 is 0. The second-order valence-corrected chi connectivity index (χ2v) is 3.16. The molecule has 0 radical (unpaired) electrons. The zero-order chi connectivity index (χ0) is 9.80. The fourth-order valence-electron chi connectivity index (χ4n) is 1.30. The summed E-state index contributed by atoms with van der Waals surface area (Å²) in [7, 11) is 0. The van der Waals surface area contributed by atoms with Crippen LogP contribution in [0.15, 0.2) is 30.9 Å². The lowest BCUT2D eigenvalue weighted by molar-refractivity contribution is 0.660. The van der Waals surface area contributed by atoms with Crippen LogP contribution in [-0.4, -0.2) is 14.8 Å². The van der Waals surface area contributed by atoms with Crippen molar-refractivity contribution >= 4 is 5.69 Å². The van der Waals surface area contributed by atoms with Gasteiger partial charge in [0.25, 0.3) is 0 Å². The molecule has 0 unspecified atom stereocenters. The van der Waals surface area contributed by atoms with Crippen LogP contribution in [0.25, 0.3) is 0 Å². The highest BCUT2D eigenvalue weighted by atomic mass is 15.3. The third-order valence-corrected chi connectivity index (χ3v) is 2.12. The number of aromatic nitrogens is 3. The van der Waals surface area contributed by atoms with Crippen molar-refractivity contribution in [3.05, 3.63) is 36.4 Å². The zero-order valence-electron chi connectivity index (χ0n) is 8.20. The van der Waals surface area contributed by atoms with E-state index in [9.17, 15) is 0 Å². The molecule has 0 fully saturated rings. The first-order valence-electron chi connectivity index (χ1n) is 4.76. The highest BCUT2D eigenvalue weighted by molar-refractivity contribution is 5.38. The van der Waals surface area contributed by atoms with E-state index in [1.807, 2.05) is 29.5 Å². The highest BCUT2D eigenvalue weighted by Crippen LogP contribution is 2.07. The smallest absolute Gasteiger partial charge is 0.0729 e. The summed E-state index contributed by atoms with van der Waals surface area (Å²) in [6.07, 6.45) is 7.76. The lowest BCUT2D eigenvalue weighted by Crippen LogP contribution is -1.97. The molecule has 2 heterocycles. The molecule has 74 valence electrons. The molecule has 0 aliphatic carbocycles. The summed E-state index contributed by atoms with van der Waals surface area (Å²) < 4.78 is 1.90. The first kappa shape index (κ1) is 8.87. The van der Waals surface area contributed by atoms with Crippen LogP contribution in [0.4, 0.5) is 5.69 Å². The summed E-state index contributed by atoms with van der Waals surface area (Å²) in [6.45, 7) is 3.81. The Hall–Kier alpha value is -1.71. The quantitative estimate of drug-likeness (QED) is 0.772. The van der Waals surface area contributed by atoms with Crippen LogP contribution in [-0.2, 0) is 13.1 Å². The number of nitrogens with zero attached hydrogens (tertiary/aromatic N) is 2. The van der Waals surface area contributed by atoms with E-state index in [2.05, 4.69) is 28.4 Å². The van der Waals surface area contributed by atoms with Gasteiger partial charge in [-0.05, 0) is 18.6 Å². The van der Waals surface area contributed by atoms with Crippen molar-refractivity contribution < 1.29 is 0 Å². The van der Waals surface area contributed by atoms with Gasteiger partial charge < -0.3 is 10.3 Å². The van der Waals surface area contributed by atoms with Crippen LogP contribution in [0.2, 0.25) is 0 Å². The molecular weight excluding hydrogens is 176 g/mol. The van der Waals surface area contributed by atoms with E-state index >= 15 is 0 Å². The van der Waals surface area contributed by atoms with E-state index in [-0.39, 0.29) is 0 Å². The number of hydrogen-bond donors (Lipinski definition) is 2. The first-order valence-corrected chi connectivity index (χ1v) is 4.76. The summed E-state index contributed by atoms with van der Waals surface area (Å²) in [5.74, 6) is 0. The van der Waals surface area contributed by atoms with Gasteiger partial charge in [0.2, 0.25) is 0 Å². The fourth-order valence-corrected chi connectivity index (χ4v) is 1.30. The van der Waals surface area contributed by atoms with Gasteiger partial charge in [0, 0.05) is 31.7 Å². The maximum atomic E-state index is 4.18. The standard InChI is InChI=1S/C10H14N4/c1-2-14-8-10(7-13-14)12-6-9-3-4-11-5-9/h3-5,7-8,11-12H,2,6H2,1H3. The van der Waals surface area contributed by atoms with Gasteiger partial charge >= 0.3 is 0 Å². The normalized spacial score (nSPS) is 10.4. The lowest BCUT2D eigenvalue weighted by atomic mass is 10.3. The van der Waals surface area contributed by atoms with Gasteiger partial charge in [0.1, 0.15) is 0 Å². The Kier molecular flexibility index (Phi) is 2.53. The van der Waals surface area contributed by atoms with Gasteiger partial charge in [-0.25, -0.2) is 0 Å². The molecule has 2 N–H and O–H groups in total. The summed E-state index contributed by atoms with van der Waals surface area (Å²) in [4.78, 5) is 3.02. The van der Waals surface area contributed by atoms with Crippen LogP contribution >= 0.6 is 0 Å². The predicted octanol–water partition coefficient (Wildman–Crippen LogP) is 1.84. The third-order valence-electron chi connectivity index (χ3n) is 2.12. The number of rotatable bonds is 4. The minimum absolute atomic E-state index is 0.832. The molecule has 0 spiro atoms. The van der Waals surface area contributed by atoms with Crippen molar-refractivity contribution in [2.24, 2.45) is 0 Å². The number of nitrogens with one attached hydrogen (secondary N) is 2. The van der Waals surface area contributed by atoms with Crippen molar-refractivity contribution in [1.29, 1.82) is 0 Å². The lowest BCUT2D eigenvalue weighted by Gasteiger charge is -1.99. The Bertz CT molecular complexity index is 374. The predicted molar refractivity (Wildman–Crippen MR) is 56.0 cm³/mol. The van der Waals surface area contributed by atoms with E-state index in [4.69, 9.17) is 0 Å². The molecule has 0 aliphatic rings.